The van der Waals surface area contributed by atoms with E-state index in [0.717, 1.165) is 5.56 Å². The SMILES string of the molecule is O=C(NCCNC(=O)c1ccc2c(c1)OCO2)OCc1ccccc1. The van der Waals surface area contributed by atoms with Crippen molar-refractivity contribution in [3.63, 3.8) is 0 Å². The summed E-state index contributed by atoms with van der Waals surface area (Å²) in [6.45, 7) is 0.920. The Kier molecular flexibility index (Phi) is 5.36. The van der Waals surface area contributed by atoms with Gasteiger partial charge in [0, 0.05) is 18.7 Å². The number of rotatable bonds is 6. The van der Waals surface area contributed by atoms with E-state index in [-0.39, 0.29) is 32.4 Å². The summed E-state index contributed by atoms with van der Waals surface area (Å²) in [5.41, 5.74) is 1.38. The van der Waals surface area contributed by atoms with Gasteiger partial charge in [-0.2, -0.15) is 0 Å². The minimum absolute atomic E-state index is 0.162. The molecule has 0 saturated heterocycles. The third-order valence-corrected chi connectivity index (χ3v) is 3.53. The Morgan fingerprint density at radius 1 is 0.960 bits per heavy atom. The molecule has 0 radical (unpaired) electrons. The van der Waals surface area contributed by atoms with Gasteiger partial charge < -0.3 is 24.8 Å². The summed E-state index contributed by atoms with van der Waals surface area (Å²) in [4.78, 5) is 23.6. The summed E-state index contributed by atoms with van der Waals surface area (Å²) in [6, 6.07) is 14.4. The van der Waals surface area contributed by atoms with Crippen LogP contribution in [-0.2, 0) is 11.3 Å². The Morgan fingerprint density at radius 3 is 2.56 bits per heavy atom. The second kappa shape index (κ2) is 8.05. The molecule has 0 unspecified atom stereocenters. The lowest BCUT2D eigenvalue weighted by Crippen LogP contribution is -2.34. The van der Waals surface area contributed by atoms with Crippen molar-refractivity contribution >= 4 is 12.0 Å². The maximum atomic E-state index is 12.0. The van der Waals surface area contributed by atoms with Gasteiger partial charge in [0.05, 0.1) is 0 Å². The number of carbonyl (C=O) groups excluding carboxylic acids is 2. The van der Waals surface area contributed by atoms with Crippen LogP contribution in [0.2, 0.25) is 0 Å². The number of ether oxygens (including phenoxy) is 3. The van der Waals surface area contributed by atoms with Crippen LogP contribution >= 0.6 is 0 Å². The van der Waals surface area contributed by atoms with Gasteiger partial charge in [0.15, 0.2) is 11.5 Å². The van der Waals surface area contributed by atoms with Gasteiger partial charge in [-0.05, 0) is 23.8 Å². The molecule has 7 heteroatoms. The van der Waals surface area contributed by atoms with Crippen LogP contribution < -0.4 is 20.1 Å². The van der Waals surface area contributed by atoms with Crippen LogP contribution in [0.15, 0.2) is 48.5 Å². The van der Waals surface area contributed by atoms with Gasteiger partial charge in [-0.25, -0.2) is 4.79 Å². The van der Waals surface area contributed by atoms with Gasteiger partial charge in [-0.3, -0.25) is 4.79 Å². The number of amides is 2. The monoisotopic (exact) mass is 342 g/mol. The van der Waals surface area contributed by atoms with Gasteiger partial charge in [-0.15, -0.1) is 0 Å². The molecule has 25 heavy (non-hydrogen) atoms. The first-order chi connectivity index (χ1) is 12.2. The second-order valence-electron chi connectivity index (χ2n) is 5.31. The average Bonchev–Trinajstić information content (AvgIpc) is 3.12. The lowest BCUT2D eigenvalue weighted by atomic mass is 10.2. The maximum Gasteiger partial charge on any atom is 0.407 e. The van der Waals surface area contributed by atoms with Crippen LogP contribution in [0, 0.1) is 0 Å². The van der Waals surface area contributed by atoms with E-state index in [1.54, 1.807) is 18.2 Å². The number of hydrogen-bond acceptors (Lipinski definition) is 5. The van der Waals surface area contributed by atoms with Crippen molar-refractivity contribution in [1.29, 1.82) is 0 Å². The van der Waals surface area contributed by atoms with E-state index in [9.17, 15) is 9.59 Å². The molecular weight excluding hydrogens is 324 g/mol. The molecule has 0 spiro atoms. The molecule has 1 aliphatic rings. The minimum atomic E-state index is -0.527. The van der Waals surface area contributed by atoms with Crippen LogP contribution in [-0.4, -0.2) is 31.9 Å². The number of fused-ring (bicyclic) bond motifs is 1. The van der Waals surface area contributed by atoms with E-state index in [1.807, 2.05) is 30.3 Å². The fraction of sp³-hybridized carbons (Fsp3) is 0.222. The Labute approximate surface area is 144 Å². The summed E-state index contributed by atoms with van der Waals surface area (Å²) >= 11 is 0. The number of nitrogens with one attached hydrogen (secondary N) is 2. The first kappa shape index (κ1) is 16.6. The summed E-state index contributed by atoms with van der Waals surface area (Å²) in [7, 11) is 0. The summed E-state index contributed by atoms with van der Waals surface area (Å²) < 4.78 is 15.5. The molecule has 0 aromatic heterocycles. The quantitative estimate of drug-likeness (QED) is 0.785. The van der Waals surface area contributed by atoms with Gasteiger partial charge >= 0.3 is 6.09 Å². The average molecular weight is 342 g/mol. The first-order valence-electron chi connectivity index (χ1n) is 7.85. The molecule has 3 rings (SSSR count). The van der Waals surface area contributed by atoms with Crippen molar-refractivity contribution in [2.45, 2.75) is 6.61 Å². The van der Waals surface area contributed by atoms with Gasteiger partial charge in [0.1, 0.15) is 6.61 Å². The molecule has 0 saturated carbocycles. The minimum Gasteiger partial charge on any atom is -0.454 e. The van der Waals surface area contributed by atoms with Crippen molar-refractivity contribution in [3.05, 3.63) is 59.7 Å². The first-order valence-corrected chi connectivity index (χ1v) is 7.85. The molecule has 0 fully saturated rings. The number of carbonyl (C=O) groups is 2. The Balaban J connectivity index is 1.35. The van der Waals surface area contributed by atoms with Crippen LogP contribution in [0.5, 0.6) is 11.5 Å². The normalized spacial score (nSPS) is 11.7. The Bertz CT molecular complexity index is 748. The summed E-state index contributed by atoms with van der Waals surface area (Å²) in [5, 5.41) is 5.29. The van der Waals surface area contributed by atoms with E-state index in [2.05, 4.69) is 10.6 Å². The van der Waals surface area contributed by atoms with Gasteiger partial charge in [-0.1, -0.05) is 30.3 Å². The largest absolute Gasteiger partial charge is 0.454 e. The molecule has 2 aromatic carbocycles. The fourth-order valence-electron chi connectivity index (χ4n) is 2.25. The Hall–Kier alpha value is -3.22. The number of benzene rings is 2. The van der Waals surface area contributed by atoms with Crippen molar-refractivity contribution in [2.75, 3.05) is 19.9 Å². The molecule has 0 atom stereocenters. The highest BCUT2D eigenvalue weighted by atomic mass is 16.7. The van der Waals surface area contributed by atoms with Crippen molar-refractivity contribution < 1.29 is 23.8 Å². The molecule has 2 aromatic rings. The molecular formula is C18H18N2O5. The third kappa shape index (κ3) is 4.63. The maximum absolute atomic E-state index is 12.0. The zero-order valence-electron chi connectivity index (χ0n) is 13.5. The number of hydrogen-bond donors (Lipinski definition) is 2. The van der Waals surface area contributed by atoms with Crippen molar-refractivity contribution in [2.24, 2.45) is 0 Å². The van der Waals surface area contributed by atoms with Gasteiger partial charge in [0.25, 0.3) is 5.91 Å². The molecule has 2 N–H and O–H groups in total. The second-order valence-corrected chi connectivity index (χ2v) is 5.31. The smallest absolute Gasteiger partial charge is 0.407 e. The predicted molar refractivity (Wildman–Crippen MR) is 89.5 cm³/mol. The number of alkyl carbamates (subject to hydrolysis) is 1. The van der Waals surface area contributed by atoms with E-state index in [0.29, 0.717) is 17.1 Å². The lowest BCUT2D eigenvalue weighted by Gasteiger charge is -2.08. The third-order valence-electron chi connectivity index (χ3n) is 3.53. The van der Waals surface area contributed by atoms with E-state index in [4.69, 9.17) is 14.2 Å². The van der Waals surface area contributed by atoms with Crippen molar-refractivity contribution in [3.8, 4) is 11.5 Å². The van der Waals surface area contributed by atoms with Crippen LogP contribution in [0.1, 0.15) is 15.9 Å². The van der Waals surface area contributed by atoms with E-state index >= 15 is 0 Å². The lowest BCUT2D eigenvalue weighted by molar-refractivity contribution is 0.0951. The van der Waals surface area contributed by atoms with Gasteiger partial charge in [0.2, 0.25) is 6.79 Å². The molecule has 0 aliphatic carbocycles. The highest BCUT2D eigenvalue weighted by molar-refractivity contribution is 5.94. The standard InChI is InChI=1S/C18H18N2O5/c21-17(14-6-7-15-16(10-14)25-12-24-15)19-8-9-20-18(22)23-11-13-4-2-1-3-5-13/h1-7,10H,8-9,11-12H2,(H,19,21)(H,20,22). The Morgan fingerprint density at radius 2 is 1.72 bits per heavy atom. The zero-order valence-corrected chi connectivity index (χ0v) is 13.5. The summed E-state index contributed by atoms with van der Waals surface area (Å²) in [5.74, 6) is 0.924. The predicted octanol–water partition coefficient (Wildman–Crippen LogP) is 2.07. The summed E-state index contributed by atoms with van der Waals surface area (Å²) in [6.07, 6.45) is -0.527. The molecule has 1 heterocycles. The highest BCUT2D eigenvalue weighted by Crippen LogP contribution is 2.32. The molecule has 130 valence electrons. The highest BCUT2D eigenvalue weighted by Gasteiger charge is 2.15. The zero-order chi connectivity index (χ0) is 17.5. The molecule has 1 aliphatic heterocycles. The van der Waals surface area contributed by atoms with E-state index < -0.39 is 6.09 Å². The molecule has 0 bridgehead atoms. The van der Waals surface area contributed by atoms with Crippen molar-refractivity contribution in [1.82, 2.24) is 10.6 Å². The van der Waals surface area contributed by atoms with Crippen LogP contribution in [0.25, 0.3) is 0 Å². The molecule has 7 nitrogen and oxygen atoms in total. The van der Waals surface area contributed by atoms with E-state index in [1.165, 1.54) is 0 Å². The van der Waals surface area contributed by atoms with Crippen LogP contribution in [0.4, 0.5) is 4.79 Å². The van der Waals surface area contributed by atoms with Crippen LogP contribution in [0.3, 0.4) is 0 Å². The topological polar surface area (TPSA) is 85.9 Å². The fourth-order valence-corrected chi connectivity index (χ4v) is 2.25. The molecule has 2 amide bonds.